The van der Waals surface area contributed by atoms with Crippen LogP contribution in [0.25, 0.3) is 0 Å². The first-order chi connectivity index (χ1) is 7.96. The van der Waals surface area contributed by atoms with E-state index in [4.69, 9.17) is 14.2 Å². The first-order valence-corrected chi connectivity index (χ1v) is 6.64. The van der Waals surface area contributed by atoms with E-state index in [0.29, 0.717) is 0 Å². The summed E-state index contributed by atoms with van der Waals surface area (Å²) in [6, 6.07) is 0. The van der Waals surface area contributed by atoms with E-state index >= 15 is 0 Å². The third-order valence-electron chi connectivity index (χ3n) is 4.75. The molecule has 2 bridgehead atoms. The second-order valence-corrected chi connectivity index (χ2v) is 5.86. The Morgan fingerprint density at radius 2 is 2.00 bits per heavy atom. The van der Waals surface area contributed by atoms with Gasteiger partial charge in [-0.3, -0.25) is 0 Å². The SMILES string of the molecule is CC=C1[C@@H]2O[C@H](C)[C@@]1(CC)[C@H]1OC(C)(C)O[C@@H]21. The van der Waals surface area contributed by atoms with Gasteiger partial charge in [-0.15, -0.1) is 0 Å². The maximum atomic E-state index is 6.16. The lowest BCUT2D eigenvalue weighted by Crippen LogP contribution is -2.47. The normalized spacial score (nSPS) is 53.4. The molecule has 96 valence electrons. The second-order valence-electron chi connectivity index (χ2n) is 5.86. The summed E-state index contributed by atoms with van der Waals surface area (Å²) < 4.78 is 18.3. The summed E-state index contributed by atoms with van der Waals surface area (Å²) in [6.45, 7) is 10.5. The van der Waals surface area contributed by atoms with Crippen molar-refractivity contribution < 1.29 is 14.2 Å². The van der Waals surface area contributed by atoms with Crippen molar-refractivity contribution in [1.82, 2.24) is 0 Å². The minimum absolute atomic E-state index is 0.0256. The average Bonchev–Trinajstić information content (AvgIpc) is 2.79. The summed E-state index contributed by atoms with van der Waals surface area (Å²) in [7, 11) is 0. The highest BCUT2D eigenvalue weighted by Gasteiger charge is 2.70. The van der Waals surface area contributed by atoms with Crippen LogP contribution in [0.15, 0.2) is 11.6 Å². The van der Waals surface area contributed by atoms with Crippen LogP contribution in [0.4, 0.5) is 0 Å². The van der Waals surface area contributed by atoms with Gasteiger partial charge in [-0.1, -0.05) is 13.0 Å². The van der Waals surface area contributed by atoms with Gasteiger partial charge in [0.2, 0.25) is 0 Å². The zero-order chi connectivity index (χ0) is 12.4. The Hall–Kier alpha value is -0.380. The van der Waals surface area contributed by atoms with Crippen LogP contribution in [-0.4, -0.2) is 30.2 Å². The number of hydrogen-bond donors (Lipinski definition) is 0. The Bertz CT molecular complexity index is 374. The molecule has 17 heavy (non-hydrogen) atoms. The summed E-state index contributed by atoms with van der Waals surface area (Å²) in [6.07, 6.45) is 3.81. The maximum absolute atomic E-state index is 6.16. The zero-order valence-electron chi connectivity index (χ0n) is 11.3. The van der Waals surface area contributed by atoms with E-state index in [2.05, 4.69) is 26.8 Å². The van der Waals surface area contributed by atoms with Crippen molar-refractivity contribution in [2.75, 3.05) is 0 Å². The Labute approximate surface area is 103 Å². The molecule has 3 rings (SSSR count). The van der Waals surface area contributed by atoms with E-state index in [-0.39, 0.29) is 29.8 Å². The maximum Gasteiger partial charge on any atom is 0.163 e. The Morgan fingerprint density at radius 3 is 2.59 bits per heavy atom. The van der Waals surface area contributed by atoms with Crippen LogP contribution in [0.5, 0.6) is 0 Å². The predicted octanol–water partition coefficient (Wildman–Crippen LogP) is 2.65. The fourth-order valence-electron chi connectivity index (χ4n) is 4.10. The van der Waals surface area contributed by atoms with Gasteiger partial charge in [0.25, 0.3) is 0 Å². The Kier molecular flexibility index (Phi) is 2.30. The number of ether oxygens (including phenoxy) is 3. The number of rotatable bonds is 1. The molecule has 3 heteroatoms. The molecule has 5 atom stereocenters. The third kappa shape index (κ3) is 1.23. The molecular weight excluding hydrogens is 216 g/mol. The van der Waals surface area contributed by atoms with Crippen molar-refractivity contribution in [3.63, 3.8) is 0 Å². The standard InChI is InChI=1S/C14H22O3/c1-6-9-10-11-12(17-13(4,5)16-11)14(9,7-2)8(3)15-10/h6,8,10-12H,7H2,1-5H3/t8-,10+,11+,12+,14-/m1/s1. The monoisotopic (exact) mass is 238 g/mol. The molecule has 0 amide bonds. The summed E-state index contributed by atoms with van der Waals surface area (Å²) >= 11 is 0. The summed E-state index contributed by atoms with van der Waals surface area (Å²) in [5, 5.41) is 0. The third-order valence-corrected chi connectivity index (χ3v) is 4.75. The van der Waals surface area contributed by atoms with Crippen LogP contribution in [0.3, 0.4) is 0 Å². The molecule has 1 saturated carbocycles. The van der Waals surface area contributed by atoms with Crippen molar-refractivity contribution in [3.8, 4) is 0 Å². The molecule has 0 aromatic heterocycles. The van der Waals surface area contributed by atoms with Crippen molar-refractivity contribution in [2.45, 2.75) is 71.2 Å². The fourth-order valence-corrected chi connectivity index (χ4v) is 4.10. The zero-order valence-corrected chi connectivity index (χ0v) is 11.3. The number of fused-ring (bicyclic) bond motifs is 5. The molecule has 2 saturated heterocycles. The average molecular weight is 238 g/mol. The van der Waals surface area contributed by atoms with Crippen molar-refractivity contribution in [1.29, 1.82) is 0 Å². The fraction of sp³-hybridized carbons (Fsp3) is 0.857. The molecule has 3 nitrogen and oxygen atoms in total. The quantitative estimate of drug-likeness (QED) is 0.657. The van der Waals surface area contributed by atoms with Crippen LogP contribution < -0.4 is 0 Å². The Morgan fingerprint density at radius 1 is 1.29 bits per heavy atom. The second kappa shape index (κ2) is 3.34. The molecule has 0 unspecified atom stereocenters. The van der Waals surface area contributed by atoms with Crippen LogP contribution in [0, 0.1) is 5.41 Å². The van der Waals surface area contributed by atoms with Gasteiger partial charge >= 0.3 is 0 Å². The highest BCUT2D eigenvalue weighted by atomic mass is 16.8. The van der Waals surface area contributed by atoms with Crippen LogP contribution in [0.1, 0.15) is 41.0 Å². The van der Waals surface area contributed by atoms with E-state index in [1.54, 1.807) is 0 Å². The lowest BCUT2D eigenvalue weighted by atomic mass is 9.74. The van der Waals surface area contributed by atoms with E-state index in [0.717, 1.165) is 6.42 Å². The molecule has 3 aliphatic rings. The summed E-state index contributed by atoms with van der Waals surface area (Å²) in [5.74, 6) is -0.472. The summed E-state index contributed by atoms with van der Waals surface area (Å²) in [4.78, 5) is 0. The molecule has 2 aliphatic heterocycles. The van der Waals surface area contributed by atoms with Crippen LogP contribution in [0.2, 0.25) is 0 Å². The lowest BCUT2D eigenvalue weighted by molar-refractivity contribution is -0.158. The van der Waals surface area contributed by atoms with Gasteiger partial charge in [0.05, 0.1) is 6.10 Å². The highest BCUT2D eigenvalue weighted by Crippen LogP contribution is 2.61. The summed E-state index contributed by atoms with van der Waals surface area (Å²) in [5.41, 5.74) is 1.41. The smallest absolute Gasteiger partial charge is 0.163 e. The van der Waals surface area contributed by atoms with E-state index < -0.39 is 5.79 Å². The van der Waals surface area contributed by atoms with Gasteiger partial charge in [-0.05, 0) is 39.7 Å². The first-order valence-electron chi connectivity index (χ1n) is 6.64. The van der Waals surface area contributed by atoms with Gasteiger partial charge < -0.3 is 14.2 Å². The molecule has 0 spiro atoms. The van der Waals surface area contributed by atoms with Crippen molar-refractivity contribution in [2.24, 2.45) is 5.41 Å². The largest absolute Gasteiger partial charge is 0.367 e. The van der Waals surface area contributed by atoms with E-state index in [1.165, 1.54) is 5.57 Å². The van der Waals surface area contributed by atoms with Gasteiger partial charge in [-0.25, -0.2) is 0 Å². The van der Waals surface area contributed by atoms with E-state index in [1.807, 2.05) is 13.8 Å². The molecule has 0 radical (unpaired) electrons. The number of allylic oxidation sites excluding steroid dienone is 1. The molecule has 3 fully saturated rings. The number of hydrogen-bond acceptors (Lipinski definition) is 3. The molecule has 2 heterocycles. The van der Waals surface area contributed by atoms with Crippen molar-refractivity contribution in [3.05, 3.63) is 11.6 Å². The van der Waals surface area contributed by atoms with Crippen LogP contribution >= 0.6 is 0 Å². The van der Waals surface area contributed by atoms with Gasteiger partial charge in [0, 0.05) is 5.41 Å². The predicted molar refractivity (Wildman–Crippen MR) is 64.6 cm³/mol. The van der Waals surface area contributed by atoms with Gasteiger partial charge in [0.1, 0.15) is 18.3 Å². The topological polar surface area (TPSA) is 27.7 Å². The molecule has 0 N–H and O–H groups in total. The molecule has 0 aromatic rings. The van der Waals surface area contributed by atoms with Crippen LogP contribution in [-0.2, 0) is 14.2 Å². The highest BCUT2D eigenvalue weighted by molar-refractivity contribution is 5.37. The van der Waals surface area contributed by atoms with Gasteiger partial charge in [0.15, 0.2) is 5.79 Å². The molecular formula is C14H22O3. The molecule has 1 aliphatic carbocycles. The molecule has 0 aromatic carbocycles. The minimum atomic E-state index is -0.472. The lowest BCUT2D eigenvalue weighted by Gasteiger charge is -2.37. The minimum Gasteiger partial charge on any atom is -0.367 e. The van der Waals surface area contributed by atoms with E-state index in [9.17, 15) is 0 Å². The van der Waals surface area contributed by atoms with Crippen molar-refractivity contribution >= 4 is 0 Å². The Balaban J connectivity index is 2.07. The van der Waals surface area contributed by atoms with Gasteiger partial charge in [-0.2, -0.15) is 0 Å². The first kappa shape index (κ1) is 11.7.